The lowest BCUT2D eigenvalue weighted by atomic mass is 10.0. The summed E-state index contributed by atoms with van der Waals surface area (Å²) >= 11 is 0. The van der Waals surface area contributed by atoms with Gasteiger partial charge in [-0.05, 0) is 20.8 Å². The molecule has 7 heteroatoms. The van der Waals surface area contributed by atoms with Crippen molar-refractivity contribution >= 4 is 6.09 Å². The highest BCUT2D eigenvalue weighted by molar-refractivity contribution is 5.68. The molecular weight excluding hydrogens is 239 g/mol. The maximum atomic E-state index is 12.6. The Balaban J connectivity index is 4.61. The number of halogens is 3. The van der Waals surface area contributed by atoms with Crippen molar-refractivity contribution in [2.75, 3.05) is 6.61 Å². The average Bonchev–Trinajstić information content (AvgIpc) is 2.08. The van der Waals surface area contributed by atoms with Crippen LogP contribution in [0.2, 0.25) is 0 Å². The van der Waals surface area contributed by atoms with Crippen LogP contribution in [0.25, 0.3) is 0 Å². The van der Waals surface area contributed by atoms with E-state index in [9.17, 15) is 18.0 Å². The fraction of sp³-hybridized carbons (Fsp3) is 0.900. The molecule has 2 unspecified atom stereocenters. The number of rotatable bonds is 3. The van der Waals surface area contributed by atoms with Gasteiger partial charge in [-0.3, -0.25) is 0 Å². The second-order valence-corrected chi connectivity index (χ2v) is 4.83. The molecule has 102 valence electrons. The lowest BCUT2D eigenvalue weighted by molar-refractivity contribution is -0.168. The smallest absolute Gasteiger partial charge is 0.409 e. The van der Waals surface area contributed by atoms with Crippen molar-refractivity contribution in [2.24, 2.45) is 5.92 Å². The van der Waals surface area contributed by atoms with Crippen LogP contribution in [0.15, 0.2) is 0 Å². The lowest BCUT2D eigenvalue weighted by Gasteiger charge is -2.28. The van der Waals surface area contributed by atoms with Gasteiger partial charge in [0.1, 0.15) is 11.6 Å². The Morgan fingerprint density at radius 1 is 1.35 bits per heavy atom. The zero-order chi connectivity index (χ0) is 13.9. The number of aliphatic hydroxyl groups excluding tert-OH is 1. The number of hydrogen-bond acceptors (Lipinski definition) is 3. The molecule has 2 atom stereocenters. The molecule has 0 spiro atoms. The van der Waals surface area contributed by atoms with E-state index in [0.717, 1.165) is 0 Å². The minimum atomic E-state index is -4.63. The van der Waals surface area contributed by atoms with E-state index >= 15 is 0 Å². The quantitative estimate of drug-likeness (QED) is 0.813. The summed E-state index contributed by atoms with van der Waals surface area (Å²) in [6.45, 7) is 5.15. The van der Waals surface area contributed by atoms with Crippen molar-refractivity contribution in [1.29, 1.82) is 0 Å². The maximum Gasteiger partial charge on any atom is 0.409 e. The Labute approximate surface area is 98.1 Å². The monoisotopic (exact) mass is 257 g/mol. The van der Waals surface area contributed by atoms with Crippen molar-refractivity contribution in [1.82, 2.24) is 5.32 Å². The van der Waals surface area contributed by atoms with Crippen molar-refractivity contribution in [3.63, 3.8) is 0 Å². The van der Waals surface area contributed by atoms with Crippen LogP contribution in [0.1, 0.15) is 27.7 Å². The highest BCUT2D eigenvalue weighted by Crippen LogP contribution is 2.25. The van der Waals surface area contributed by atoms with Crippen molar-refractivity contribution in [3.05, 3.63) is 0 Å². The van der Waals surface area contributed by atoms with E-state index in [1.807, 2.05) is 0 Å². The molecule has 0 aromatic heterocycles. The standard InChI is InChI=1S/C10H18F3NO3/c1-6(5-15)7(10(11,12)13)14-8(16)17-9(2,3)4/h6-7,15H,5H2,1-4H3,(H,14,16). The van der Waals surface area contributed by atoms with Crippen LogP contribution < -0.4 is 5.32 Å². The molecule has 0 heterocycles. The number of carbonyl (C=O) groups is 1. The van der Waals surface area contributed by atoms with Crippen LogP contribution in [0.5, 0.6) is 0 Å². The van der Waals surface area contributed by atoms with Crippen molar-refractivity contribution in [3.8, 4) is 0 Å². The Kier molecular flexibility index (Phi) is 5.25. The molecule has 17 heavy (non-hydrogen) atoms. The van der Waals surface area contributed by atoms with Crippen LogP contribution >= 0.6 is 0 Å². The summed E-state index contributed by atoms with van der Waals surface area (Å²) in [5.74, 6) is -1.14. The predicted molar refractivity (Wildman–Crippen MR) is 55.5 cm³/mol. The Hall–Kier alpha value is -0.980. The fourth-order valence-corrected chi connectivity index (χ4v) is 1.09. The van der Waals surface area contributed by atoms with Crippen molar-refractivity contribution in [2.45, 2.75) is 45.5 Å². The molecule has 0 aliphatic carbocycles. The van der Waals surface area contributed by atoms with Crippen LogP contribution in [-0.4, -0.2) is 35.6 Å². The summed E-state index contributed by atoms with van der Waals surface area (Å²) in [6, 6.07) is -2.12. The number of hydrogen-bond donors (Lipinski definition) is 2. The summed E-state index contributed by atoms with van der Waals surface area (Å²) in [4.78, 5) is 11.2. The van der Waals surface area contributed by atoms with Crippen LogP contribution in [0, 0.1) is 5.92 Å². The van der Waals surface area contributed by atoms with Gasteiger partial charge in [0.25, 0.3) is 0 Å². The van der Waals surface area contributed by atoms with E-state index in [1.165, 1.54) is 6.92 Å². The first kappa shape index (κ1) is 16.0. The molecule has 0 aliphatic heterocycles. The first-order valence-electron chi connectivity index (χ1n) is 5.14. The zero-order valence-electron chi connectivity index (χ0n) is 10.3. The normalized spacial score (nSPS) is 16.2. The van der Waals surface area contributed by atoms with Crippen molar-refractivity contribution < 1.29 is 27.8 Å². The number of amides is 1. The second kappa shape index (κ2) is 5.57. The van der Waals surface area contributed by atoms with E-state index in [4.69, 9.17) is 9.84 Å². The topological polar surface area (TPSA) is 58.6 Å². The van der Waals surface area contributed by atoms with Gasteiger partial charge in [0, 0.05) is 12.5 Å². The number of carbonyl (C=O) groups excluding carboxylic acids is 1. The van der Waals surface area contributed by atoms with Gasteiger partial charge in [-0.2, -0.15) is 13.2 Å². The minimum Gasteiger partial charge on any atom is -0.444 e. The molecule has 2 N–H and O–H groups in total. The highest BCUT2D eigenvalue weighted by Gasteiger charge is 2.44. The molecular formula is C10H18F3NO3. The lowest BCUT2D eigenvalue weighted by Crippen LogP contribution is -2.51. The van der Waals surface area contributed by atoms with Crippen LogP contribution in [0.4, 0.5) is 18.0 Å². The van der Waals surface area contributed by atoms with E-state index in [0.29, 0.717) is 0 Å². The largest absolute Gasteiger partial charge is 0.444 e. The molecule has 0 aromatic rings. The van der Waals surface area contributed by atoms with Gasteiger partial charge >= 0.3 is 12.3 Å². The van der Waals surface area contributed by atoms with Gasteiger partial charge in [-0.1, -0.05) is 6.92 Å². The van der Waals surface area contributed by atoms with E-state index in [-0.39, 0.29) is 0 Å². The summed E-state index contributed by atoms with van der Waals surface area (Å²) in [5, 5.41) is 10.4. The summed E-state index contributed by atoms with van der Waals surface area (Å²) in [5.41, 5.74) is -0.872. The summed E-state index contributed by atoms with van der Waals surface area (Å²) in [7, 11) is 0. The summed E-state index contributed by atoms with van der Waals surface area (Å²) < 4.78 is 42.4. The molecule has 0 aromatic carbocycles. The number of nitrogens with one attached hydrogen (secondary N) is 1. The first-order chi connectivity index (χ1) is 7.47. The average molecular weight is 257 g/mol. The van der Waals surface area contributed by atoms with E-state index in [2.05, 4.69) is 0 Å². The van der Waals surface area contributed by atoms with Gasteiger partial charge in [-0.25, -0.2) is 4.79 Å². The molecule has 0 fully saturated rings. The minimum absolute atomic E-state index is 0.681. The predicted octanol–water partition coefficient (Wildman–Crippen LogP) is 2.07. The van der Waals surface area contributed by atoms with E-state index in [1.54, 1.807) is 26.1 Å². The molecule has 0 aliphatic rings. The van der Waals surface area contributed by atoms with Gasteiger partial charge in [-0.15, -0.1) is 0 Å². The number of alkyl carbamates (subject to hydrolysis) is 1. The number of ether oxygens (including phenoxy) is 1. The Morgan fingerprint density at radius 2 is 1.82 bits per heavy atom. The van der Waals surface area contributed by atoms with Crippen LogP contribution in [-0.2, 0) is 4.74 Å². The fourth-order valence-electron chi connectivity index (χ4n) is 1.09. The van der Waals surface area contributed by atoms with Gasteiger partial charge in [0.15, 0.2) is 0 Å². The molecule has 0 rings (SSSR count). The van der Waals surface area contributed by atoms with Gasteiger partial charge < -0.3 is 15.2 Å². The highest BCUT2D eigenvalue weighted by atomic mass is 19.4. The SMILES string of the molecule is CC(CO)C(NC(=O)OC(C)(C)C)C(F)(F)F. The van der Waals surface area contributed by atoms with E-state index < -0.39 is 36.4 Å². The summed E-state index contributed by atoms with van der Waals surface area (Å²) in [6.07, 6.45) is -5.78. The second-order valence-electron chi connectivity index (χ2n) is 4.83. The molecule has 1 amide bonds. The Bertz CT molecular complexity index is 261. The molecule has 4 nitrogen and oxygen atoms in total. The molecule has 0 radical (unpaired) electrons. The third-order valence-electron chi connectivity index (χ3n) is 1.88. The van der Waals surface area contributed by atoms with Gasteiger partial charge in [0.2, 0.25) is 0 Å². The zero-order valence-corrected chi connectivity index (χ0v) is 10.3. The molecule has 0 saturated carbocycles. The third kappa shape index (κ3) is 6.35. The third-order valence-corrected chi connectivity index (χ3v) is 1.88. The molecule has 0 bridgehead atoms. The molecule has 0 saturated heterocycles. The maximum absolute atomic E-state index is 12.6. The number of aliphatic hydroxyl groups is 1. The van der Waals surface area contributed by atoms with Crippen LogP contribution in [0.3, 0.4) is 0 Å². The number of alkyl halides is 3. The van der Waals surface area contributed by atoms with Gasteiger partial charge in [0.05, 0.1) is 0 Å². The Morgan fingerprint density at radius 3 is 2.12 bits per heavy atom. The first-order valence-corrected chi connectivity index (χ1v) is 5.14.